The zero-order chi connectivity index (χ0) is 12.1. The van der Waals surface area contributed by atoms with Gasteiger partial charge in [-0.15, -0.1) is 11.3 Å². The Morgan fingerprint density at radius 3 is 2.94 bits per heavy atom. The van der Waals surface area contributed by atoms with Gasteiger partial charge in [-0.05, 0) is 30.5 Å². The summed E-state index contributed by atoms with van der Waals surface area (Å²) < 4.78 is 0. The van der Waals surface area contributed by atoms with Gasteiger partial charge in [0.15, 0.2) is 0 Å². The van der Waals surface area contributed by atoms with Crippen molar-refractivity contribution in [2.24, 2.45) is 5.16 Å². The van der Waals surface area contributed by atoms with Crippen LogP contribution in [0, 0.1) is 0 Å². The third kappa shape index (κ3) is 2.98. The van der Waals surface area contributed by atoms with Crippen LogP contribution in [0.15, 0.2) is 47.2 Å². The van der Waals surface area contributed by atoms with E-state index in [2.05, 4.69) is 10.1 Å². The summed E-state index contributed by atoms with van der Waals surface area (Å²) in [5.41, 5.74) is 1.06. The summed E-state index contributed by atoms with van der Waals surface area (Å²) in [6.45, 7) is 1.79. The molecule has 0 unspecified atom stereocenters. The second-order valence-corrected chi connectivity index (χ2v) is 4.22. The van der Waals surface area contributed by atoms with E-state index in [0.29, 0.717) is 11.3 Å². The maximum absolute atomic E-state index is 11.6. The lowest BCUT2D eigenvalue weighted by molar-refractivity contribution is 0.0516. The third-order valence-electron chi connectivity index (χ3n) is 2.04. The van der Waals surface area contributed by atoms with E-state index in [1.165, 1.54) is 6.20 Å². The number of oxime groups is 1. The summed E-state index contributed by atoms with van der Waals surface area (Å²) in [5.74, 6) is -0.506. The van der Waals surface area contributed by atoms with Crippen LogP contribution in [-0.4, -0.2) is 16.7 Å². The van der Waals surface area contributed by atoms with Crippen LogP contribution in [-0.2, 0) is 4.84 Å². The number of nitrogens with zero attached hydrogens (tertiary/aromatic N) is 2. The molecule has 5 heteroatoms. The van der Waals surface area contributed by atoms with Crippen LogP contribution in [0.5, 0.6) is 0 Å². The molecule has 2 aromatic heterocycles. The molecule has 0 aliphatic heterocycles. The van der Waals surface area contributed by atoms with Gasteiger partial charge in [0.25, 0.3) is 0 Å². The highest BCUT2D eigenvalue weighted by atomic mass is 32.1. The molecule has 2 heterocycles. The molecule has 0 atom stereocenters. The summed E-state index contributed by atoms with van der Waals surface area (Å²) in [4.78, 5) is 21.2. The number of thiophene rings is 1. The topological polar surface area (TPSA) is 51.5 Å². The quantitative estimate of drug-likeness (QED) is 0.475. The molecule has 0 aromatic carbocycles. The molecular weight excluding hydrogens is 236 g/mol. The lowest BCUT2D eigenvalue weighted by atomic mass is 10.3. The van der Waals surface area contributed by atoms with E-state index in [1.807, 2.05) is 17.5 Å². The standard InChI is InChI=1S/C12H10N2O2S/c1-9(11-5-3-7-17-11)14-16-12(15)10-4-2-6-13-8-10/h2-8H,1H3/b14-9+. The van der Waals surface area contributed by atoms with Crippen LogP contribution in [0.3, 0.4) is 0 Å². The maximum atomic E-state index is 11.6. The Kier molecular flexibility index (Phi) is 3.62. The average molecular weight is 246 g/mol. The predicted molar refractivity (Wildman–Crippen MR) is 66.2 cm³/mol. The summed E-state index contributed by atoms with van der Waals surface area (Å²) >= 11 is 1.54. The Labute approximate surface area is 103 Å². The summed E-state index contributed by atoms with van der Waals surface area (Å²) in [6, 6.07) is 7.14. The van der Waals surface area contributed by atoms with Crippen molar-refractivity contribution in [1.82, 2.24) is 4.98 Å². The summed E-state index contributed by atoms with van der Waals surface area (Å²) in [6.07, 6.45) is 3.04. The Morgan fingerprint density at radius 2 is 2.29 bits per heavy atom. The Morgan fingerprint density at radius 1 is 1.41 bits per heavy atom. The first-order valence-electron chi connectivity index (χ1n) is 4.97. The van der Waals surface area contributed by atoms with Gasteiger partial charge in [0.1, 0.15) is 0 Å². The Hall–Kier alpha value is -2.01. The van der Waals surface area contributed by atoms with Gasteiger partial charge in [-0.1, -0.05) is 11.2 Å². The van der Waals surface area contributed by atoms with Crippen molar-refractivity contribution in [3.63, 3.8) is 0 Å². The minimum Gasteiger partial charge on any atom is -0.312 e. The van der Waals surface area contributed by atoms with Crippen LogP contribution < -0.4 is 0 Å². The van der Waals surface area contributed by atoms with Crippen molar-refractivity contribution in [3.8, 4) is 0 Å². The first-order chi connectivity index (χ1) is 8.27. The van der Waals surface area contributed by atoms with Gasteiger partial charge < -0.3 is 4.84 Å². The lowest BCUT2D eigenvalue weighted by Gasteiger charge is -1.98. The normalized spacial score (nSPS) is 11.2. The van der Waals surface area contributed by atoms with E-state index < -0.39 is 5.97 Å². The van der Waals surface area contributed by atoms with Crippen molar-refractivity contribution in [1.29, 1.82) is 0 Å². The maximum Gasteiger partial charge on any atom is 0.367 e. The molecule has 2 aromatic rings. The SMILES string of the molecule is C/C(=N\OC(=O)c1cccnc1)c1cccs1. The van der Waals surface area contributed by atoms with Gasteiger partial charge in [-0.25, -0.2) is 4.79 Å². The first kappa shape index (κ1) is 11.5. The number of rotatable bonds is 3. The van der Waals surface area contributed by atoms with Crippen molar-refractivity contribution in [3.05, 3.63) is 52.5 Å². The van der Waals surface area contributed by atoms with E-state index in [4.69, 9.17) is 4.84 Å². The molecule has 0 amide bonds. The molecule has 0 radical (unpaired) electrons. The number of aromatic nitrogens is 1. The fourth-order valence-electron chi connectivity index (χ4n) is 1.18. The minimum atomic E-state index is -0.506. The van der Waals surface area contributed by atoms with Gasteiger partial charge >= 0.3 is 5.97 Å². The van der Waals surface area contributed by atoms with Crippen molar-refractivity contribution in [2.45, 2.75) is 6.92 Å². The van der Waals surface area contributed by atoms with Crippen LogP contribution >= 0.6 is 11.3 Å². The number of carbonyl (C=O) groups is 1. The average Bonchev–Trinajstić information content (AvgIpc) is 2.90. The molecule has 0 spiro atoms. The van der Waals surface area contributed by atoms with E-state index in [9.17, 15) is 4.79 Å². The number of pyridine rings is 1. The molecule has 0 saturated carbocycles. The van der Waals surface area contributed by atoms with Gasteiger partial charge in [-0.2, -0.15) is 0 Å². The smallest absolute Gasteiger partial charge is 0.312 e. The predicted octanol–water partition coefficient (Wildman–Crippen LogP) is 2.72. The van der Waals surface area contributed by atoms with Gasteiger partial charge in [0, 0.05) is 12.4 Å². The number of hydrogen-bond donors (Lipinski definition) is 0. The molecular formula is C12H10N2O2S. The second-order valence-electron chi connectivity index (χ2n) is 3.27. The third-order valence-corrected chi connectivity index (χ3v) is 3.02. The fraction of sp³-hybridized carbons (Fsp3) is 0.0833. The van der Waals surface area contributed by atoms with Crippen LogP contribution in [0.4, 0.5) is 0 Å². The zero-order valence-corrected chi connectivity index (χ0v) is 9.98. The van der Waals surface area contributed by atoms with Crippen LogP contribution in [0.2, 0.25) is 0 Å². The number of carbonyl (C=O) groups excluding carboxylic acids is 1. The zero-order valence-electron chi connectivity index (χ0n) is 9.16. The summed E-state index contributed by atoms with van der Waals surface area (Å²) in [5, 5.41) is 5.73. The highest BCUT2D eigenvalue weighted by Gasteiger charge is 2.07. The Balaban J connectivity index is 2.04. The van der Waals surface area contributed by atoms with Crippen molar-refractivity contribution in [2.75, 3.05) is 0 Å². The molecule has 0 N–H and O–H groups in total. The highest BCUT2D eigenvalue weighted by Crippen LogP contribution is 2.10. The van der Waals surface area contributed by atoms with E-state index in [0.717, 1.165) is 4.88 Å². The van der Waals surface area contributed by atoms with Crippen LogP contribution in [0.25, 0.3) is 0 Å². The van der Waals surface area contributed by atoms with E-state index in [1.54, 1.807) is 36.6 Å². The van der Waals surface area contributed by atoms with Gasteiger partial charge in [0.05, 0.1) is 16.2 Å². The largest absolute Gasteiger partial charge is 0.367 e. The summed E-state index contributed by atoms with van der Waals surface area (Å²) in [7, 11) is 0. The van der Waals surface area contributed by atoms with Gasteiger partial charge in [-0.3, -0.25) is 4.98 Å². The van der Waals surface area contributed by atoms with E-state index in [-0.39, 0.29) is 0 Å². The molecule has 0 saturated heterocycles. The molecule has 17 heavy (non-hydrogen) atoms. The molecule has 0 aliphatic rings. The highest BCUT2D eigenvalue weighted by molar-refractivity contribution is 7.12. The molecule has 4 nitrogen and oxygen atoms in total. The van der Waals surface area contributed by atoms with Gasteiger partial charge in [0.2, 0.25) is 0 Å². The molecule has 86 valence electrons. The Bertz CT molecular complexity index is 521. The molecule has 2 rings (SSSR count). The van der Waals surface area contributed by atoms with E-state index >= 15 is 0 Å². The van der Waals surface area contributed by atoms with Crippen molar-refractivity contribution >= 4 is 23.0 Å². The fourth-order valence-corrected chi connectivity index (χ4v) is 1.84. The lowest BCUT2D eigenvalue weighted by Crippen LogP contribution is -2.03. The molecule has 0 bridgehead atoms. The molecule has 0 aliphatic carbocycles. The van der Waals surface area contributed by atoms with Crippen LogP contribution in [0.1, 0.15) is 22.2 Å². The van der Waals surface area contributed by atoms with Crippen molar-refractivity contribution < 1.29 is 9.63 Å². The molecule has 0 fully saturated rings. The monoisotopic (exact) mass is 246 g/mol. The first-order valence-corrected chi connectivity index (χ1v) is 5.85. The minimum absolute atomic E-state index is 0.384. The second kappa shape index (κ2) is 5.36. The number of hydrogen-bond acceptors (Lipinski definition) is 5.